The van der Waals surface area contributed by atoms with Crippen LogP contribution in [0, 0.1) is 0 Å². The number of amides is 1. The van der Waals surface area contributed by atoms with Gasteiger partial charge in [0.2, 0.25) is 0 Å². The van der Waals surface area contributed by atoms with Crippen LogP contribution in [0.15, 0.2) is 36.4 Å². The van der Waals surface area contributed by atoms with Crippen LogP contribution in [0.4, 0.5) is 19.0 Å². The van der Waals surface area contributed by atoms with Crippen LogP contribution in [0.2, 0.25) is 0 Å². The summed E-state index contributed by atoms with van der Waals surface area (Å²) in [7, 11) is 1.49. The summed E-state index contributed by atoms with van der Waals surface area (Å²) in [5.74, 6) is -0.368. The molecule has 2 atom stereocenters. The molecule has 0 saturated carbocycles. The molecule has 9 heteroatoms. The number of benzene rings is 1. The van der Waals surface area contributed by atoms with Crippen molar-refractivity contribution in [2.45, 2.75) is 24.7 Å². The molecule has 0 bridgehead atoms. The maximum absolute atomic E-state index is 13.6. The standard InChI is InChI=1S/C17H19F3N4O2/c1-26-8-7-21-16(25)13-10-15-22-12(11-5-3-2-4-6-11)9-14(17(18,19)20)24(15)23-13/h2-6,10,12,14,22H,7-9H2,1H3,(H,21,25). The molecule has 0 saturated heterocycles. The molecule has 0 radical (unpaired) electrons. The van der Waals surface area contributed by atoms with E-state index >= 15 is 0 Å². The fourth-order valence-electron chi connectivity index (χ4n) is 2.95. The first-order valence-electron chi connectivity index (χ1n) is 8.15. The molecule has 0 aliphatic carbocycles. The van der Waals surface area contributed by atoms with Crippen LogP contribution >= 0.6 is 0 Å². The minimum atomic E-state index is -4.47. The molecule has 1 aliphatic rings. The van der Waals surface area contributed by atoms with E-state index in [-0.39, 0.29) is 24.5 Å². The van der Waals surface area contributed by atoms with Gasteiger partial charge in [-0.1, -0.05) is 30.3 Å². The van der Waals surface area contributed by atoms with Crippen molar-refractivity contribution in [2.75, 3.05) is 25.6 Å². The van der Waals surface area contributed by atoms with Crippen molar-refractivity contribution < 1.29 is 22.7 Å². The maximum Gasteiger partial charge on any atom is 0.410 e. The molecule has 2 aromatic rings. The third-order valence-corrected chi connectivity index (χ3v) is 4.22. The molecule has 0 spiro atoms. The Balaban J connectivity index is 1.88. The number of carbonyl (C=O) groups excluding carboxylic acids is 1. The highest BCUT2D eigenvalue weighted by Crippen LogP contribution is 2.43. The summed E-state index contributed by atoms with van der Waals surface area (Å²) >= 11 is 0. The molecule has 2 unspecified atom stereocenters. The average molecular weight is 368 g/mol. The number of hydrogen-bond acceptors (Lipinski definition) is 4. The predicted molar refractivity (Wildman–Crippen MR) is 89.0 cm³/mol. The van der Waals surface area contributed by atoms with Crippen LogP contribution < -0.4 is 10.6 Å². The van der Waals surface area contributed by atoms with Gasteiger partial charge in [0.05, 0.1) is 12.6 Å². The highest BCUT2D eigenvalue weighted by atomic mass is 19.4. The summed E-state index contributed by atoms with van der Waals surface area (Å²) in [4.78, 5) is 12.1. The summed E-state index contributed by atoms with van der Waals surface area (Å²) in [5.41, 5.74) is 0.687. The Bertz CT molecular complexity index is 761. The Morgan fingerprint density at radius 1 is 1.38 bits per heavy atom. The molecule has 1 amide bonds. The van der Waals surface area contributed by atoms with E-state index in [0.717, 1.165) is 10.2 Å². The van der Waals surface area contributed by atoms with Crippen molar-refractivity contribution in [2.24, 2.45) is 0 Å². The number of aromatic nitrogens is 2. The minimum absolute atomic E-state index is 0.0634. The number of nitrogens with one attached hydrogen (secondary N) is 2. The van der Waals surface area contributed by atoms with Gasteiger partial charge >= 0.3 is 6.18 Å². The second-order valence-corrected chi connectivity index (χ2v) is 6.01. The molecular weight excluding hydrogens is 349 g/mol. The van der Waals surface area contributed by atoms with Crippen molar-refractivity contribution in [3.8, 4) is 0 Å². The van der Waals surface area contributed by atoms with E-state index in [1.807, 2.05) is 0 Å². The molecule has 140 valence electrons. The van der Waals surface area contributed by atoms with Crippen LogP contribution in [0.1, 0.15) is 34.6 Å². The number of anilines is 1. The molecule has 0 fully saturated rings. The third-order valence-electron chi connectivity index (χ3n) is 4.22. The Hall–Kier alpha value is -2.55. The summed E-state index contributed by atoms with van der Waals surface area (Å²) in [6.45, 7) is 0.555. The van der Waals surface area contributed by atoms with Crippen LogP contribution in [0.25, 0.3) is 0 Å². The molecule has 1 aromatic carbocycles. The summed E-state index contributed by atoms with van der Waals surface area (Å²) in [6, 6.07) is 7.93. The van der Waals surface area contributed by atoms with E-state index in [1.165, 1.54) is 13.2 Å². The quantitative estimate of drug-likeness (QED) is 0.797. The number of rotatable bonds is 5. The smallest absolute Gasteiger partial charge is 0.383 e. The van der Waals surface area contributed by atoms with Gasteiger partial charge in [0.1, 0.15) is 5.82 Å². The molecule has 6 nitrogen and oxygen atoms in total. The Kier molecular flexibility index (Phi) is 5.17. The van der Waals surface area contributed by atoms with E-state index < -0.39 is 24.2 Å². The zero-order valence-electron chi connectivity index (χ0n) is 14.1. The number of halogens is 3. The van der Waals surface area contributed by atoms with E-state index in [4.69, 9.17) is 4.74 Å². The highest BCUT2D eigenvalue weighted by molar-refractivity contribution is 5.93. The molecule has 26 heavy (non-hydrogen) atoms. The number of ether oxygens (including phenoxy) is 1. The van der Waals surface area contributed by atoms with Gasteiger partial charge in [-0.25, -0.2) is 4.68 Å². The zero-order chi connectivity index (χ0) is 18.7. The van der Waals surface area contributed by atoms with Crippen LogP contribution in [0.5, 0.6) is 0 Å². The number of hydrogen-bond donors (Lipinski definition) is 2. The second kappa shape index (κ2) is 7.36. The second-order valence-electron chi connectivity index (χ2n) is 6.01. The van der Waals surface area contributed by atoms with Crippen molar-refractivity contribution in [1.29, 1.82) is 0 Å². The first-order valence-corrected chi connectivity index (χ1v) is 8.15. The van der Waals surface area contributed by atoms with Crippen LogP contribution in [0.3, 0.4) is 0 Å². The summed E-state index contributed by atoms with van der Waals surface area (Å²) < 4.78 is 46.4. The summed E-state index contributed by atoms with van der Waals surface area (Å²) in [5, 5.41) is 9.50. The first-order chi connectivity index (χ1) is 12.4. The molecule has 2 N–H and O–H groups in total. The van der Waals surface area contributed by atoms with E-state index in [9.17, 15) is 18.0 Å². The lowest BCUT2D eigenvalue weighted by atomic mass is 9.97. The Labute approximate surface area is 148 Å². The Morgan fingerprint density at radius 2 is 2.12 bits per heavy atom. The van der Waals surface area contributed by atoms with E-state index in [0.29, 0.717) is 6.61 Å². The maximum atomic E-state index is 13.6. The predicted octanol–water partition coefficient (Wildman–Crippen LogP) is 2.92. The minimum Gasteiger partial charge on any atom is -0.383 e. The van der Waals surface area contributed by atoms with Crippen molar-refractivity contribution in [3.05, 3.63) is 47.7 Å². The van der Waals surface area contributed by atoms with E-state index in [1.54, 1.807) is 30.3 Å². The lowest BCUT2D eigenvalue weighted by Gasteiger charge is -2.33. The van der Waals surface area contributed by atoms with Crippen molar-refractivity contribution >= 4 is 11.7 Å². The fourth-order valence-corrected chi connectivity index (χ4v) is 2.95. The zero-order valence-corrected chi connectivity index (χ0v) is 14.1. The van der Waals surface area contributed by atoms with Gasteiger partial charge in [-0.15, -0.1) is 0 Å². The van der Waals surface area contributed by atoms with Crippen LogP contribution in [-0.2, 0) is 4.74 Å². The lowest BCUT2D eigenvalue weighted by molar-refractivity contribution is -0.173. The monoisotopic (exact) mass is 368 g/mol. The molecule has 2 heterocycles. The number of nitrogens with zero attached hydrogens (tertiary/aromatic N) is 2. The molecule has 1 aromatic heterocycles. The molecular formula is C17H19F3N4O2. The number of alkyl halides is 3. The molecule has 3 rings (SSSR count). The first kappa shape index (κ1) is 18.2. The molecule has 1 aliphatic heterocycles. The number of carbonyl (C=O) groups is 1. The van der Waals surface area contributed by atoms with Crippen LogP contribution in [-0.4, -0.2) is 42.1 Å². The van der Waals surface area contributed by atoms with Gasteiger partial charge in [-0.3, -0.25) is 4.79 Å². The highest BCUT2D eigenvalue weighted by Gasteiger charge is 2.46. The van der Waals surface area contributed by atoms with Crippen molar-refractivity contribution in [1.82, 2.24) is 15.1 Å². The fraction of sp³-hybridized carbons (Fsp3) is 0.412. The number of fused-ring (bicyclic) bond motifs is 1. The van der Waals surface area contributed by atoms with Gasteiger partial charge in [0.25, 0.3) is 5.91 Å². The van der Waals surface area contributed by atoms with Crippen molar-refractivity contribution in [3.63, 3.8) is 0 Å². The van der Waals surface area contributed by atoms with Gasteiger partial charge in [-0.2, -0.15) is 18.3 Å². The van der Waals surface area contributed by atoms with Gasteiger partial charge in [0.15, 0.2) is 11.7 Å². The average Bonchev–Trinajstić information content (AvgIpc) is 3.05. The number of methoxy groups -OCH3 is 1. The summed E-state index contributed by atoms with van der Waals surface area (Å²) in [6.07, 6.45) is -4.67. The van der Waals surface area contributed by atoms with Gasteiger partial charge < -0.3 is 15.4 Å². The Morgan fingerprint density at radius 3 is 2.77 bits per heavy atom. The van der Waals surface area contributed by atoms with Gasteiger partial charge in [-0.05, 0) is 5.56 Å². The normalized spacial score (nSPS) is 19.5. The topological polar surface area (TPSA) is 68.2 Å². The largest absolute Gasteiger partial charge is 0.410 e. The van der Waals surface area contributed by atoms with E-state index in [2.05, 4.69) is 15.7 Å². The lowest BCUT2D eigenvalue weighted by Crippen LogP contribution is -2.35. The van der Waals surface area contributed by atoms with Gasteiger partial charge in [0, 0.05) is 26.1 Å². The SMILES string of the molecule is COCCNC(=O)c1cc2n(n1)C(C(F)(F)F)CC(c1ccccc1)N2. The third kappa shape index (κ3) is 3.82.